The molecule has 0 saturated carbocycles. The Labute approximate surface area is 139 Å². The molecule has 6 nitrogen and oxygen atoms in total. The Bertz CT molecular complexity index is 885. The number of carboxylic acids is 1. The summed E-state index contributed by atoms with van der Waals surface area (Å²) in [5.74, 6) is -0.154. The van der Waals surface area contributed by atoms with E-state index in [0.29, 0.717) is 17.1 Å². The average Bonchev–Trinajstić information content (AvgIpc) is 3.05. The summed E-state index contributed by atoms with van der Waals surface area (Å²) in [5.41, 5.74) is 3.33. The highest BCUT2D eigenvalue weighted by Crippen LogP contribution is 2.29. The molecule has 0 spiro atoms. The summed E-state index contributed by atoms with van der Waals surface area (Å²) in [6.07, 6.45) is 0. The van der Waals surface area contributed by atoms with Crippen molar-refractivity contribution in [1.82, 2.24) is 20.2 Å². The van der Waals surface area contributed by atoms with Gasteiger partial charge in [-0.25, -0.2) is 4.79 Å². The lowest BCUT2D eigenvalue weighted by Gasteiger charge is -2.14. The Balaban J connectivity index is 2.27. The summed E-state index contributed by atoms with van der Waals surface area (Å²) in [6.45, 7) is 5.77. The third-order valence-electron chi connectivity index (χ3n) is 3.96. The number of benzene rings is 2. The van der Waals surface area contributed by atoms with Gasteiger partial charge in [-0.3, -0.25) is 0 Å². The van der Waals surface area contributed by atoms with E-state index in [4.69, 9.17) is 0 Å². The van der Waals surface area contributed by atoms with Crippen LogP contribution in [0, 0.1) is 6.92 Å². The van der Waals surface area contributed by atoms with Gasteiger partial charge in [0, 0.05) is 5.92 Å². The first-order chi connectivity index (χ1) is 11.5. The van der Waals surface area contributed by atoms with Crippen LogP contribution in [0.5, 0.6) is 0 Å². The van der Waals surface area contributed by atoms with Crippen LogP contribution in [0.1, 0.15) is 41.5 Å². The van der Waals surface area contributed by atoms with E-state index in [1.54, 1.807) is 17.7 Å². The van der Waals surface area contributed by atoms with Gasteiger partial charge in [0.15, 0.2) is 5.82 Å². The fourth-order valence-corrected chi connectivity index (χ4v) is 2.66. The summed E-state index contributed by atoms with van der Waals surface area (Å²) in [7, 11) is 0. The molecule has 0 aliphatic rings. The Morgan fingerprint density at radius 3 is 2.46 bits per heavy atom. The van der Waals surface area contributed by atoms with Gasteiger partial charge in [-0.05, 0) is 46.2 Å². The van der Waals surface area contributed by atoms with Crippen molar-refractivity contribution < 1.29 is 9.90 Å². The van der Waals surface area contributed by atoms with Gasteiger partial charge in [0.2, 0.25) is 0 Å². The first-order valence-corrected chi connectivity index (χ1v) is 7.71. The quantitative estimate of drug-likeness (QED) is 0.795. The van der Waals surface area contributed by atoms with Crippen molar-refractivity contribution in [3.05, 3.63) is 59.4 Å². The normalized spacial score (nSPS) is 11.0. The number of nitrogens with zero attached hydrogens (tertiary/aromatic N) is 4. The van der Waals surface area contributed by atoms with E-state index in [1.807, 2.05) is 50.2 Å². The highest BCUT2D eigenvalue weighted by Gasteiger charge is 2.19. The van der Waals surface area contributed by atoms with Crippen molar-refractivity contribution in [2.24, 2.45) is 0 Å². The van der Waals surface area contributed by atoms with Crippen molar-refractivity contribution in [3.63, 3.8) is 0 Å². The second-order valence-corrected chi connectivity index (χ2v) is 5.94. The van der Waals surface area contributed by atoms with E-state index in [2.05, 4.69) is 15.5 Å². The van der Waals surface area contributed by atoms with Crippen LogP contribution in [-0.2, 0) is 0 Å². The van der Waals surface area contributed by atoms with Crippen molar-refractivity contribution in [3.8, 4) is 16.8 Å². The molecule has 0 unspecified atom stereocenters. The standard InChI is InChI=1S/C18H18N4O2/c1-11(2)17-19-20-21-22(17)16-10-14(13-7-5-4-6-8-13)9-15(12(16)3)18(23)24/h4-11H,1-3H3,(H,23,24). The summed E-state index contributed by atoms with van der Waals surface area (Å²) < 4.78 is 1.62. The largest absolute Gasteiger partial charge is 0.478 e. The molecule has 0 atom stereocenters. The maximum absolute atomic E-state index is 11.7. The second kappa shape index (κ2) is 6.23. The summed E-state index contributed by atoms with van der Waals surface area (Å²) >= 11 is 0. The second-order valence-electron chi connectivity index (χ2n) is 5.94. The number of rotatable bonds is 4. The average molecular weight is 322 g/mol. The van der Waals surface area contributed by atoms with Crippen LogP contribution in [0.4, 0.5) is 0 Å². The molecule has 1 heterocycles. The predicted molar refractivity (Wildman–Crippen MR) is 90.4 cm³/mol. The van der Waals surface area contributed by atoms with Gasteiger partial charge < -0.3 is 5.11 Å². The number of carbonyl (C=O) groups is 1. The highest BCUT2D eigenvalue weighted by atomic mass is 16.4. The van der Waals surface area contributed by atoms with Crippen LogP contribution < -0.4 is 0 Å². The minimum absolute atomic E-state index is 0.119. The van der Waals surface area contributed by atoms with Gasteiger partial charge in [-0.2, -0.15) is 4.68 Å². The molecule has 24 heavy (non-hydrogen) atoms. The first kappa shape index (κ1) is 15.9. The van der Waals surface area contributed by atoms with Crippen molar-refractivity contribution in [1.29, 1.82) is 0 Å². The monoisotopic (exact) mass is 322 g/mol. The van der Waals surface area contributed by atoms with Gasteiger partial charge in [0.1, 0.15) is 0 Å². The van der Waals surface area contributed by atoms with Crippen LogP contribution in [0.3, 0.4) is 0 Å². The number of aromatic carboxylic acids is 1. The molecule has 2 aromatic carbocycles. The lowest BCUT2D eigenvalue weighted by Crippen LogP contribution is -2.10. The topological polar surface area (TPSA) is 80.9 Å². The zero-order valence-electron chi connectivity index (χ0n) is 13.8. The molecule has 0 radical (unpaired) electrons. The van der Waals surface area contributed by atoms with Crippen LogP contribution in [0.2, 0.25) is 0 Å². The maximum Gasteiger partial charge on any atom is 0.336 e. The fourth-order valence-electron chi connectivity index (χ4n) is 2.66. The molecule has 3 aromatic rings. The van der Waals surface area contributed by atoms with Crippen molar-refractivity contribution in [2.75, 3.05) is 0 Å². The van der Waals surface area contributed by atoms with Crippen molar-refractivity contribution in [2.45, 2.75) is 26.7 Å². The molecule has 122 valence electrons. The number of tetrazole rings is 1. The molecule has 6 heteroatoms. The number of carboxylic acid groups (broad SMARTS) is 1. The lowest BCUT2D eigenvalue weighted by molar-refractivity contribution is 0.0696. The third kappa shape index (κ3) is 2.78. The van der Waals surface area contributed by atoms with E-state index < -0.39 is 5.97 Å². The fraction of sp³-hybridized carbons (Fsp3) is 0.222. The molecule has 0 aliphatic carbocycles. The molecule has 1 aromatic heterocycles. The third-order valence-corrected chi connectivity index (χ3v) is 3.96. The van der Waals surface area contributed by atoms with E-state index in [0.717, 1.165) is 11.1 Å². The molecule has 3 rings (SSSR count). The number of hydrogen-bond acceptors (Lipinski definition) is 4. The van der Waals surface area contributed by atoms with Crippen molar-refractivity contribution >= 4 is 5.97 Å². The molecule has 0 bridgehead atoms. The predicted octanol–water partition coefficient (Wildman–Crippen LogP) is 3.46. The molecule has 0 amide bonds. The van der Waals surface area contributed by atoms with Gasteiger partial charge in [0.05, 0.1) is 11.3 Å². The van der Waals surface area contributed by atoms with E-state index >= 15 is 0 Å². The Kier molecular flexibility index (Phi) is 4.12. The number of hydrogen-bond donors (Lipinski definition) is 1. The van der Waals surface area contributed by atoms with Crippen LogP contribution >= 0.6 is 0 Å². The molecule has 0 saturated heterocycles. The minimum atomic E-state index is -0.967. The zero-order valence-corrected chi connectivity index (χ0v) is 13.8. The Morgan fingerprint density at radius 2 is 1.83 bits per heavy atom. The van der Waals surface area contributed by atoms with Gasteiger partial charge in [0.25, 0.3) is 0 Å². The van der Waals surface area contributed by atoms with Crippen LogP contribution in [0.25, 0.3) is 16.8 Å². The van der Waals surface area contributed by atoms with E-state index in [-0.39, 0.29) is 11.5 Å². The minimum Gasteiger partial charge on any atom is -0.478 e. The summed E-state index contributed by atoms with van der Waals surface area (Å²) in [4.78, 5) is 11.7. The molecule has 1 N–H and O–H groups in total. The van der Waals surface area contributed by atoms with E-state index in [9.17, 15) is 9.90 Å². The molecule has 0 aliphatic heterocycles. The Hall–Kier alpha value is -3.02. The van der Waals surface area contributed by atoms with Gasteiger partial charge >= 0.3 is 5.97 Å². The maximum atomic E-state index is 11.7. The first-order valence-electron chi connectivity index (χ1n) is 7.71. The van der Waals surface area contributed by atoms with Gasteiger partial charge in [-0.1, -0.05) is 44.2 Å². The van der Waals surface area contributed by atoms with Crippen LogP contribution in [0.15, 0.2) is 42.5 Å². The highest BCUT2D eigenvalue weighted by molar-refractivity contribution is 5.92. The Morgan fingerprint density at radius 1 is 1.12 bits per heavy atom. The molecular formula is C18H18N4O2. The lowest BCUT2D eigenvalue weighted by atomic mass is 9.97. The smallest absolute Gasteiger partial charge is 0.336 e. The SMILES string of the molecule is Cc1c(C(=O)O)cc(-c2ccccc2)cc1-n1nnnc1C(C)C. The van der Waals surface area contributed by atoms with Gasteiger partial charge in [-0.15, -0.1) is 5.10 Å². The summed E-state index contributed by atoms with van der Waals surface area (Å²) in [5, 5.41) is 21.5. The summed E-state index contributed by atoms with van der Waals surface area (Å²) in [6, 6.07) is 13.3. The van der Waals surface area contributed by atoms with E-state index in [1.165, 1.54) is 0 Å². The number of aromatic nitrogens is 4. The van der Waals surface area contributed by atoms with Crippen LogP contribution in [-0.4, -0.2) is 31.3 Å². The molecule has 0 fully saturated rings. The molecular weight excluding hydrogens is 304 g/mol. The zero-order chi connectivity index (χ0) is 17.3.